The lowest BCUT2D eigenvalue weighted by Crippen LogP contribution is -2.47. The molecule has 168 valence electrons. The van der Waals surface area contributed by atoms with Gasteiger partial charge in [-0.2, -0.15) is 0 Å². The minimum Gasteiger partial charge on any atom is -0.497 e. The van der Waals surface area contributed by atoms with Crippen LogP contribution in [0.4, 0.5) is 17.1 Å². The fraction of sp³-hybridized carbons (Fsp3) is 0.227. The Labute approximate surface area is 190 Å². The Kier molecular flexibility index (Phi) is 6.24. The molecule has 0 radical (unpaired) electrons. The predicted molar refractivity (Wildman–Crippen MR) is 126 cm³/mol. The third kappa shape index (κ3) is 4.66. The van der Waals surface area contributed by atoms with Gasteiger partial charge in [-0.15, -0.1) is 11.3 Å². The number of carbonyl (C=O) groups is 1. The molecule has 1 aromatic heterocycles. The van der Waals surface area contributed by atoms with E-state index in [1.54, 1.807) is 30.7 Å². The van der Waals surface area contributed by atoms with Gasteiger partial charge in [-0.3, -0.25) is 4.72 Å². The van der Waals surface area contributed by atoms with Gasteiger partial charge < -0.3 is 19.6 Å². The zero-order chi connectivity index (χ0) is 22.7. The average molecular weight is 474 g/mol. The van der Waals surface area contributed by atoms with E-state index in [1.807, 2.05) is 29.2 Å². The fourth-order valence-corrected chi connectivity index (χ4v) is 5.71. The predicted octanol–water partition coefficient (Wildman–Crippen LogP) is 3.58. The van der Waals surface area contributed by atoms with Crippen molar-refractivity contribution >= 4 is 44.4 Å². The molecule has 1 fully saturated rings. The van der Waals surface area contributed by atoms with Crippen molar-refractivity contribution in [2.45, 2.75) is 4.21 Å². The number of ether oxygens (including phenoxy) is 1. The van der Waals surface area contributed by atoms with E-state index in [4.69, 9.17) is 4.74 Å². The first-order valence-electron chi connectivity index (χ1n) is 9.95. The first kappa shape index (κ1) is 22.0. The first-order chi connectivity index (χ1) is 15.4. The maximum atomic E-state index is 12.5. The van der Waals surface area contributed by atoms with Gasteiger partial charge in [0.2, 0.25) is 0 Å². The fourth-order valence-electron chi connectivity index (χ4n) is 3.67. The lowest BCUT2D eigenvalue weighted by molar-refractivity contribution is 0.0697. The number of benzene rings is 2. The maximum absolute atomic E-state index is 12.5. The number of hydrogen-bond acceptors (Lipinski definition) is 7. The molecule has 2 aromatic carbocycles. The SMILES string of the molecule is COc1ccc(N2CCN(c3ccc(NS(=O)(=O)c4cccs4)cc3C(=O)O)CC2)cc1. The van der Waals surface area contributed by atoms with Gasteiger partial charge in [0, 0.05) is 37.6 Å². The van der Waals surface area contributed by atoms with Crippen molar-refractivity contribution in [1.82, 2.24) is 0 Å². The van der Waals surface area contributed by atoms with E-state index in [2.05, 4.69) is 9.62 Å². The summed E-state index contributed by atoms with van der Waals surface area (Å²) in [5.74, 6) is -0.303. The summed E-state index contributed by atoms with van der Waals surface area (Å²) in [6, 6.07) is 15.6. The Morgan fingerprint density at radius 1 is 1.03 bits per heavy atom. The van der Waals surface area contributed by atoms with Crippen LogP contribution in [0.25, 0.3) is 0 Å². The zero-order valence-electron chi connectivity index (χ0n) is 17.4. The highest BCUT2D eigenvalue weighted by atomic mass is 32.2. The molecule has 0 bridgehead atoms. The number of thiophene rings is 1. The van der Waals surface area contributed by atoms with E-state index in [0.29, 0.717) is 18.8 Å². The van der Waals surface area contributed by atoms with Crippen molar-refractivity contribution in [3.63, 3.8) is 0 Å². The van der Waals surface area contributed by atoms with Crippen LogP contribution in [0.3, 0.4) is 0 Å². The molecule has 0 aliphatic carbocycles. The van der Waals surface area contributed by atoms with Crippen molar-refractivity contribution in [2.24, 2.45) is 0 Å². The average Bonchev–Trinajstić information content (AvgIpc) is 3.35. The van der Waals surface area contributed by atoms with Crippen LogP contribution in [-0.2, 0) is 10.0 Å². The summed E-state index contributed by atoms with van der Waals surface area (Å²) >= 11 is 1.10. The molecule has 3 aromatic rings. The molecule has 8 nitrogen and oxygen atoms in total. The summed E-state index contributed by atoms with van der Waals surface area (Å²) in [6.45, 7) is 2.76. The van der Waals surface area contributed by atoms with Crippen LogP contribution in [0.2, 0.25) is 0 Å². The van der Waals surface area contributed by atoms with E-state index in [0.717, 1.165) is 35.9 Å². The summed E-state index contributed by atoms with van der Waals surface area (Å²) in [4.78, 5) is 16.2. The second kappa shape index (κ2) is 9.09. The van der Waals surface area contributed by atoms with Gasteiger partial charge >= 0.3 is 5.97 Å². The highest BCUT2D eigenvalue weighted by Gasteiger charge is 2.23. The topological polar surface area (TPSA) is 99.2 Å². The summed E-state index contributed by atoms with van der Waals surface area (Å²) < 4.78 is 32.8. The van der Waals surface area contributed by atoms with Crippen LogP contribution in [0.1, 0.15) is 10.4 Å². The number of nitrogens with one attached hydrogen (secondary N) is 1. The number of sulfonamides is 1. The van der Waals surface area contributed by atoms with Gasteiger partial charge in [-0.25, -0.2) is 13.2 Å². The zero-order valence-corrected chi connectivity index (χ0v) is 19.0. The van der Waals surface area contributed by atoms with Gasteiger partial charge in [0.05, 0.1) is 18.4 Å². The lowest BCUT2D eigenvalue weighted by atomic mass is 10.1. The molecule has 1 saturated heterocycles. The van der Waals surface area contributed by atoms with E-state index < -0.39 is 16.0 Å². The summed E-state index contributed by atoms with van der Waals surface area (Å²) in [7, 11) is -2.12. The molecule has 4 rings (SSSR count). The van der Waals surface area contributed by atoms with Crippen LogP contribution in [0, 0.1) is 0 Å². The van der Waals surface area contributed by atoms with E-state index in [9.17, 15) is 18.3 Å². The molecule has 0 unspecified atom stereocenters. The largest absolute Gasteiger partial charge is 0.497 e. The molecule has 0 amide bonds. The van der Waals surface area contributed by atoms with Crippen LogP contribution < -0.4 is 19.3 Å². The van der Waals surface area contributed by atoms with Gasteiger partial charge in [-0.1, -0.05) is 6.07 Å². The maximum Gasteiger partial charge on any atom is 0.337 e. The van der Waals surface area contributed by atoms with E-state index in [1.165, 1.54) is 12.1 Å². The van der Waals surface area contributed by atoms with E-state index >= 15 is 0 Å². The number of carboxylic acid groups (broad SMARTS) is 1. The number of methoxy groups -OCH3 is 1. The first-order valence-corrected chi connectivity index (χ1v) is 12.3. The highest BCUT2D eigenvalue weighted by Crippen LogP contribution is 2.29. The highest BCUT2D eigenvalue weighted by molar-refractivity contribution is 7.94. The Morgan fingerprint density at radius 3 is 2.31 bits per heavy atom. The minimum absolute atomic E-state index is 0.0641. The van der Waals surface area contributed by atoms with Crippen molar-refractivity contribution in [2.75, 3.05) is 47.8 Å². The Bertz CT molecular complexity index is 1190. The molecule has 2 N–H and O–H groups in total. The minimum atomic E-state index is -3.75. The van der Waals surface area contributed by atoms with Gasteiger partial charge in [-0.05, 0) is 53.9 Å². The summed E-state index contributed by atoms with van der Waals surface area (Å²) in [6.07, 6.45) is 0. The molecule has 0 spiro atoms. The molecule has 0 atom stereocenters. The number of hydrogen-bond donors (Lipinski definition) is 2. The number of rotatable bonds is 7. The monoisotopic (exact) mass is 473 g/mol. The van der Waals surface area contributed by atoms with Gasteiger partial charge in [0.25, 0.3) is 10.0 Å². The normalized spacial score (nSPS) is 14.3. The molecular formula is C22H23N3O5S2. The van der Waals surface area contributed by atoms with Crippen molar-refractivity contribution in [3.05, 3.63) is 65.5 Å². The molecular weight excluding hydrogens is 450 g/mol. The van der Waals surface area contributed by atoms with Crippen LogP contribution in [0.15, 0.2) is 64.2 Å². The third-order valence-corrected chi connectivity index (χ3v) is 8.08. The number of anilines is 3. The number of aromatic carboxylic acids is 1. The Balaban J connectivity index is 1.49. The lowest BCUT2D eigenvalue weighted by Gasteiger charge is -2.38. The second-order valence-corrected chi connectivity index (χ2v) is 10.1. The van der Waals surface area contributed by atoms with Crippen molar-refractivity contribution < 1.29 is 23.1 Å². The smallest absolute Gasteiger partial charge is 0.337 e. The Hall–Kier alpha value is -3.24. The standard InChI is InChI=1S/C22H23N3O5S2/c1-30-18-7-5-17(6-8-18)24-10-12-25(13-11-24)20-9-4-16(15-19(20)22(26)27)23-32(28,29)21-3-2-14-31-21/h2-9,14-15,23H,10-13H2,1H3,(H,26,27). The number of nitrogens with zero attached hydrogens (tertiary/aromatic N) is 2. The molecule has 1 aliphatic heterocycles. The quantitative estimate of drug-likeness (QED) is 0.541. The third-order valence-electron chi connectivity index (χ3n) is 5.30. The van der Waals surface area contributed by atoms with Crippen molar-refractivity contribution in [3.8, 4) is 5.75 Å². The molecule has 1 aliphatic rings. The van der Waals surface area contributed by atoms with Gasteiger partial charge in [0.15, 0.2) is 0 Å². The van der Waals surface area contributed by atoms with Crippen molar-refractivity contribution in [1.29, 1.82) is 0 Å². The molecule has 0 saturated carbocycles. The number of carboxylic acids is 1. The van der Waals surface area contributed by atoms with Crippen LogP contribution >= 0.6 is 11.3 Å². The second-order valence-electron chi connectivity index (χ2n) is 7.25. The number of piperazine rings is 1. The van der Waals surface area contributed by atoms with Crippen LogP contribution in [-0.4, -0.2) is 52.8 Å². The van der Waals surface area contributed by atoms with E-state index in [-0.39, 0.29) is 15.5 Å². The summed E-state index contributed by atoms with van der Waals surface area (Å²) in [5.41, 5.74) is 1.94. The summed E-state index contributed by atoms with van der Waals surface area (Å²) in [5, 5.41) is 11.4. The molecule has 2 heterocycles. The molecule has 10 heteroatoms. The molecule has 32 heavy (non-hydrogen) atoms. The van der Waals surface area contributed by atoms with Gasteiger partial charge in [0.1, 0.15) is 9.96 Å². The van der Waals surface area contributed by atoms with Crippen LogP contribution in [0.5, 0.6) is 5.75 Å². The Morgan fingerprint density at radius 2 is 1.72 bits per heavy atom.